The second kappa shape index (κ2) is 8.40. The zero-order valence-corrected chi connectivity index (χ0v) is 16.7. The van der Waals surface area contributed by atoms with Gasteiger partial charge in [-0.1, -0.05) is 13.8 Å². The van der Waals surface area contributed by atoms with Gasteiger partial charge in [0.05, 0.1) is 17.5 Å². The van der Waals surface area contributed by atoms with Crippen LogP contribution in [-0.4, -0.2) is 69.4 Å². The number of nitrogens with one attached hydrogen (secondary N) is 1. The largest absolute Gasteiger partial charge is 0.336 e. The van der Waals surface area contributed by atoms with E-state index < -0.39 is 17.7 Å². The zero-order chi connectivity index (χ0) is 21.3. The molecule has 0 saturated carbocycles. The fourth-order valence-electron chi connectivity index (χ4n) is 3.55. The summed E-state index contributed by atoms with van der Waals surface area (Å²) in [7, 11) is 0. The van der Waals surface area contributed by atoms with Crippen LogP contribution in [0.25, 0.3) is 11.0 Å². The maximum atomic E-state index is 13.2. The molecule has 1 fully saturated rings. The van der Waals surface area contributed by atoms with Crippen molar-refractivity contribution in [3.8, 4) is 0 Å². The third-order valence-corrected chi connectivity index (χ3v) is 5.16. The molecule has 10 heteroatoms. The first-order valence-corrected chi connectivity index (χ1v) is 9.70. The molecular weight excluding hydrogens is 384 g/mol. The summed E-state index contributed by atoms with van der Waals surface area (Å²) in [5, 5.41) is 0.0795. The van der Waals surface area contributed by atoms with Gasteiger partial charge in [0.15, 0.2) is 5.65 Å². The molecule has 1 aliphatic heterocycles. The van der Waals surface area contributed by atoms with Crippen LogP contribution in [0.15, 0.2) is 15.7 Å². The monoisotopic (exact) mass is 409 g/mol. The Bertz CT molecular complexity index is 1020. The predicted octanol–water partition coefficient (Wildman–Crippen LogP) is 1.25. The van der Waals surface area contributed by atoms with Crippen LogP contribution < -0.4 is 11.2 Å². The van der Waals surface area contributed by atoms with Crippen LogP contribution in [0.4, 0.5) is 8.78 Å². The standard InChI is InChI=1S/C19H25F2N5O3/c1-4-26-16-15(17(27)23-19(26)29)12(9-13(22-16)11(2)3)18(28)25-7-5-24(6-8-25)10-14(20)21/h9,11,14H,4-8,10H2,1-3H3,(H,23,27,29). The average Bonchev–Trinajstić information content (AvgIpc) is 2.66. The number of hydrogen-bond donors (Lipinski definition) is 1. The molecule has 0 radical (unpaired) electrons. The number of H-pyrrole nitrogens is 1. The van der Waals surface area contributed by atoms with E-state index in [1.807, 2.05) is 13.8 Å². The molecule has 1 saturated heterocycles. The molecule has 0 aromatic carbocycles. The third-order valence-electron chi connectivity index (χ3n) is 5.16. The first kappa shape index (κ1) is 21.1. The van der Waals surface area contributed by atoms with Crippen molar-refractivity contribution >= 4 is 16.9 Å². The zero-order valence-electron chi connectivity index (χ0n) is 16.7. The molecular formula is C19H25F2N5O3. The van der Waals surface area contributed by atoms with Crippen molar-refractivity contribution < 1.29 is 13.6 Å². The fraction of sp³-hybridized carbons (Fsp3) is 0.579. The van der Waals surface area contributed by atoms with Crippen molar-refractivity contribution in [1.82, 2.24) is 24.3 Å². The van der Waals surface area contributed by atoms with Gasteiger partial charge in [0.2, 0.25) is 0 Å². The Labute approximate surface area is 166 Å². The van der Waals surface area contributed by atoms with Gasteiger partial charge in [-0.15, -0.1) is 0 Å². The Kier molecular flexibility index (Phi) is 6.11. The number of carbonyl (C=O) groups excluding carboxylic acids is 1. The lowest BCUT2D eigenvalue weighted by Gasteiger charge is -2.34. The Hall–Kier alpha value is -2.62. The van der Waals surface area contributed by atoms with E-state index >= 15 is 0 Å². The van der Waals surface area contributed by atoms with Gasteiger partial charge in [0.25, 0.3) is 17.9 Å². The highest BCUT2D eigenvalue weighted by atomic mass is 19.3. The normalized spacial score (nSPS) is 15.6. The van der Waals surface area contributed by atoms with Gasteiger partial charge in [-0.3, -0.25) is 24.0 Å². The van der Waals surface area contributed by atoms with Crippen LogP contribution in [0.3, 0.4) is 0 Å². The second-order valence-corrected chi connectivity index (χ2v) is 7.44. The number of aromatic amines is 1. The first-order chi connectivity index (χ1) is 13.7. The number of carbonyl (C=O) groups is 1. The summed E-state index contributed by atoms with van der Waals surface area (Å²) in [5.74, 6) is -0.378. The van der Waals surface area contributed by atoms with Crippen LogP contribution in [0.1, 0.15) is 42.7 Å². The van der Waals surface area contributed by atoms with Crippen LogP contribution in [-0.2, 0) is 6.54 Å². The van der Waals surface area contributed by atoms with Crippen molar-refractivity contribution in [2.75, 3.05) is 32.7 Å². The van der Waals surface area contributed by atoms with E-state index in [-0.39, 0.29) is 48.1 Å². The summed E-state index contributed by atoms with van der Waals surface area (Å²) in [6.45, 7) is 6.81. The van der Waals surface area contributed by atoms with E-state index in [2.05, 4.69) is 9.97 Å². The van der Waals surface area contributed by atoms with Crippen molar-refractivity contribution in [3.63, 3.8) is 0 Å². The van der Waals surface area contributed by atoms with Gasteiger partial charge in [-0.25, -0.2) is 18.6 Å². The molecule has 0 atom stereocenters. The number of hydrogen-bond acceptors (Lipinski definition) is 5. The number of halogens is 2. The van der Waals surface area contributed by atoms with E-state index in [9.17, 15) is 23.2 Å². The molecule has 158 valence electrons. The molecule has 1 amide bonds. The second-order valence-electron chi connectivity index (χ2n) is 7.44. The molecule has 8 nitrogen and oxygen atoms in total. The van der Waals surface area contributed by atoms with Crippen molar-refractivity contribution in [2.24, 2.45) is 0 Å². The highest BCUT2D eigenvalue weighted by molar-refractivity contribution is 6.05. The molecule has 0 unspecified atom stereocenters. The minimum Gasteiger partial charge on any atom is -0.336 e. The van der Waals surface area contributed by atoms with Gasteiger partial charge >= 0.3 is 5.69 Å². The first-order valence-electron chi connectivity index (χ1n) is 9.70. The number of pyridine rings is 1. The van der Waals surface area contributed by atoms with Crippen LogP contribution in [0, 0.1) is 0 Å². The van der Waals surface area contributed by atoms with Gasteiger partial charge in [-0.2, -0.15) is 0 Å². The Morgan fingerprint density at radius 1 is 1.21 bits per heavy atom. The van der Waals surface area contributed by atoms with Crippen LogP contribution >= 0.6 is 0 Å². The number of aromatic nitrogens is 3. The van der Waals surface area contributed by atoms with Gasteiger partial charge in [0, 0.05) is 38.4 Å². The van der Waals surface area contributed by atoms with Crippen LogP contribution in [0.2, 0.25) is 0 Å². The lowest BCUT2D eigenvalue weighted by atomic mass is 10.0. The topological polar surface area (TPSA) is 91.3 Å². The van der Waals surface area contributed by atoms with E-state index in [1.165, 1.54) is 4.57 Å². The molecule has 3 heterocycles. The van der Waals surface area contributed by atoms with E-state index in [1.54, 1.807) is 22.8 Å². The molecule has 3 rings (SSSR count). The number of piperazine rings is 1. The quantitative estimate of drug-likeness (QED) is 0.803. The van der Waals surface area contributed by atoms with E-state index in [4.69, 9.17) is 0 Å². The number of fused-ring (bicyclic) bond motifs is 1. The third kappa shape index (κ3) is 4.21. The number of aryl methyl sites for hydroxylation is 1. The van der Waals surface area contributed by atoms with Crippen molar-refractivity contribution in [3.05, 3.63) is 38.2 Å². The maximum Gasteiger partial charge on any atom is 0.329 e. The summed E-state index contributed by atoms with van der Waals surface area (Å²) in [4.78, 5) is 47.9. The van der Waals surface area contributed by atoms with Gasteiger partial charge in [0.1, 0.15) is 0 Å². The minimum atomic E-state index is -2.42. The van der Waals surface area contributed by atoms with Crippen molar-refractivity contribution in [1.29, 1.82) is 0 Å². The van der Waals surface area contributed by atoms with Gasteiger partial charge < -0.3 is 4.90 Å². The smallest absolute Gasteiger partial charge is 0.329 e. The number of nitrogens with zero attached hydrogens (tertiary/aromatic N) is 4. The molecule has 29 heavy (non-hydrogen) atoms. The van der Waals surface area contributed by atoms with E-state index in [0.717, 1.165) is 0 Å². The lowest BCUT2D eigenvalue weighted by molar-refractivity contribution is 0.0460. The SMILES string of the molecule is CCn1c(=O)[nH]c(=O)c2c(C(=O)N3CCN(CC(F)F)CC3)cc(C(C)C)nc21. The number of rotatable bonds is 5. The Balaban J connectivity index is 2.06. The molecule has 2 aromatic heterocycles. The average molecular weight is 409 g/mol. The minimum absolute atomic E-state index is 0.0199. The summed E-state index contributed by atoms with van der Waals surface area (Å²) in [6.07, 6.45) is -2.42. The number of amides is 1. The summed E-state index contributed by atoms with van der Waals surface area (Å²) < 4.78 is 26.5. The van der Waals surface area contributed by atoms with Crippen molar-refractivity contribution in [2.45, 2.75) is 39.7 Å². The molecule has 1 aliphatic rings. The Morgan fingerprint density at radius 2 is 1.86 bits per heavy atom. The van der Waals surface area contributed by atoms with Gasteiger partial charge in [-0.05, 0) is 18.9 Å². The lowest BCUT2D eigenvalue weighted by Crippen LogP contribution is -2.50. The van der Waals surface area contributed by atoms with Crippen LogP contribution in [0.5, 0.6) is 0 Å². The Morgan fingerprint density at radius 3 is 2.41 bits per heavy atom. The predicted molar refractivity (Wildman–Crippen MR) is 105 cm³/mol. The molecule has 1 N–H and O–H groups in total. The molecule has 0 spiro atoms. The maximum absolute atomic E-state index is 13.2. The molecule has 0 bridgehead atoms. The summed E-state index contributed by atoms with van der Waals surface area (Å²) in [6, 6.07) is 1.60. The molecule has 2 aromatic rings. The summed E-state index contributed by atoms with van der Waals surface area (Å²) >= 11 is 0. The molecule has 0 aliphatic carbocycles. The highest BCUT2D eigenvalue weighted by Crippen LogP contribution is 2.21. The highest BCUT2D eigenvalue weighted by Gasteiger charge is 2.27. The summed E-state index contributed by atoms with van der Waals surface area (Å²) in [5.41, 5.74) is -0.254. The number of alkyl halides is 2. The van der Waals surface area contributed by atoms with E-state index in [0.29, 0.717) is 25.3 Å². The fourth-order valence-corrected chi connectivity index (χ4v) is 3.55.